The first-order valence-electron chi connectivity index (χ1n) is 12.1. The maximum atomic E-state index is 15.8. The van der Waals surface area contributed by atoms with Gasteiger partial charge in [0.05, 0.1) is 24.2 Å². The molecule has 1 unspecified atom stereocenters. The minimum Gasteiger partial charge on any atom is -0.444 e. The van der Waals surface area contributed by atoms with Crippen molar-refractivity contribution in [2.24, 2.45) is 5.92 Å². The zero-order chi connectivity index (χ0) is 27.1. The maximum Gasteiger partial charge on any atom is 0.408 e. The van der Waals surface area contributed by atoms with Crippen LogP contribution in [0.1, 0.15) is 32.3 Å². The summed E-state index contributed by atoms with van der Waals surface area (Å²) in [4.78, 5) is 25.6. The number of alkyl carbamates (subject to hydrolysis) is 1. The van der Waals surface area contributed by atoms with Gasteiger partial charge in [-0.15, -0.1) is 0 Å². The third-order valence-corrected chi connectivity index (χ3v) is 7.36. The van der Waals surface area contributed by atoms with E-state index in [4.69, 9.17) is 9.47 Å². The number of hydrogen-bond acceptors (Lipinski definition) is 6. The van der Waals surface area contributed by atoms with Crippen molar-refractivity contribution < 1.29 is 36.3 Å². The highest BCUT2D eigenvalue weighted by atomic mass is 32.2. The lowest BCUT2D eigenvalue weighted by atomic mass is 9.91. The van der Waals surface area contributed by atoms with E-state index in [0.717, 1.165) is 0 Å². The van der Waals surface area contributed by atoms with Crippen LogP contribution >= 0.6 is 0 Å². The van der Waals surface area contributed by atoms with Gasteiger partial charge in [-0.05, 0) is 30.0 Å². The molecule has 1 amide bonds. The highest BCUT2D eigenvalue weighted by Crippen LogP contribution is 2.29. The normalized spacial score (nSPS) is 17.8. The van der Waals surface area contributed by atoms with Crippen LogP contribution in [0.2, 0.25) is 0 Å². The van der Waals surface area contributed by atoms with Crippen LogP contribution < -0.4 is 10.0 Å². The van der Waals surface area contributed by atoms with Crippen molar-refractivity contribution in [2.75, 3.05) is 13.2 Å². The van der Waals surface area contributed by atoms with Crippen molar-refractivity contribution in [3.8, 4) is 0 Å². The number of hydrogen-bond donors (Lipinski definition) is 2. The summed E-state index contributed by atoms with van der Waals surface area (Å²) in [5, 5.41) is 2.28. The number of sulfonamides is 1. The van der Waals surface area contributed by atoms with Crippen LogP contribution in [0, 0.1) is 5.92 Å². The molecule has 37 heavy (non-hydrogen) atoms. The van der Waals surface area contributed by atoms with E-state index in [9.17, 15) is 18.0 Å². The number of alkyl halides is 2. The zero-order valence-electron chi connectivity index (χ0n) is 20.7. The fourth-order valence-electron chi connectivity index (χ4n) is 3.99. The van der Waals surface area contributed by atoms with Crippen molar-refractivity contribution in [1.82, 2.24) is 10.0 Å². The molecule has 1 saturated heterocycles. The van der Waals surface area contributed by atoms with Crippen molar-refractivity contribution in [1.29, 1.82) is 0 Å². The Morgan fingerprint density at radius 3 is 2.27 bits per heavy atom. The van der Waals surface area contributed by atoms with Crippen molar-refractivity contribution in [3.05, 3.63) is 66.2 Å². The lowest BCUT2D eigenvalue weighted by Gasteiger charge is -2.31. The van der Waals surface area contributed by atoms with Crippen LogP contribution in [0.3, 0.4) is 0 Å². The molecule has 0 spiro atoms. The van der Waals surface area contributed by atoms with Gasteiger partial charge in [0.2, 0.25) is 15.8 Å². The second-order valence-corrected chi connectivity index (χ2v) is 11.1. The Balaban J connectivity index is 1.87. The summed E-state index contributed by atoms with van der Waals surface area (Å²) in [6.07, 6.45) is -1.65. The summed E-state index contributed by atoms with van der Waals surface area (Å²) < 4.78 is 69.8. The first kappa shape index (κ1) is 28.7. The van der Waals surface area contributed by atoms with E-state index in [1.807, 2.05) is 4.72 Å². The molecule has 202 valence electrons. The van der Waals surface area contributed by atoms with E-state index < -0.39 is 46.0 Å². The van der Waals surface area contributed by atoms with Gasteiger partial charge < -0.3 is 14.8 Å². The molecule has 8 nitrogen and oxygen atoms in total. The second kappa shape index (κ2) is 12.6. The average Bonchev–Trinajstić information content (AvgIpc) is 3.36. The fraction of sp³-hybridized carbons (Fsp3) is 0.462. The summed E-state index contributed by atoms with van der Waals surface area (Å²) in [5.41, 5.74) is 0.534. The van der Waals surface area contributed by atoms with Crippen LogP contribution in [-0.4, -0.2) is 57.6 Å². The molecular formula is C26H32F2N2O6S. The number of rotatable bonds is 12. The van der Waals surface area contributed by atoms with E-state index in [2.05, 4.69) is 5.32 Å². The van der Waals surface area contributed by atoms with Gasteiger partial charge in [0.25, 0.3) is 0 Å². The number of carbonyl (C=O) groups excluding carboxylic acids is 2. The molecule has 2 aromatic carbocycles. The van der Waals surface area contributed by atoms with Crippen molar-refractivity contribution >= 4 is 21.9 Å². The van der Waals surface area contributed by atoms with Gasteiger partial charge >= 0.3 is 12.0 Å². The van der Waals surface area contributed by atoms with Gasteiger partial charge in [0, 0.05) is 12.8 Å². The molecule has 0 aliphatic carbocycles. The van der Waals surface area contributed by atoms with Crippen LogP contribution in [0.15, 0.2) is 65.6 Å². The largest absolute Gasteiger partial charge is 0.444 e. The number of nitrogens with one attached hydrogen (secondary N) is 2. The molecule has 11 heteroatoms. The standard InChI is InChI=1S/C26H32F2N2O6S/c1-18(2)15-23(30-37(33,34)21-11-7-4-8-12-21)26(27,28)24(31)22(16-19-9-5-3-6-10-19)29-25(32)36-20-13-14-35-17-20/h3-12,18,20,22-23,30H,13-17H2,1-2H3,(H,29,32)/t20-,22-,23?/m0/s1. The quantitative estimate of drug-likeness (QED) is 0.426. The summed E-state index contributed by atoms with van der Waals surface area (Å²) in [6.45, 7) is 3.87. The Morgan fingerprint density at radius 1 is 1.08 bits per heavy atom. The van der Waals surface area contributed by atoms with Gasteiger partial charge in [-0.25, -0.2) is 17.9 Å². The van der Waals surface area contributed by atoms with E-state index >= 15 is 8.78 Å². The Kier molecular flexibility index (Phi) is 9.74. The number of amides is 1. The van der Waals surface area contributed by atoms with E-state index in [1.54, 1.807) is 50.2 Å². The topological polar surface area (TPSA) is 111 Å². The number of carbonyl (C=O) groups is 2. The van der Waals surface area contributed by atoms with Crippen LogP contribution in [0.5, 0.6) is 0 Å². The Morgan fingerprint density at radius 2 is 1.70 bits per heavy atom. The SMILES string of the molecule is CC(C)CC(NS(=O)(=O)c1ccccc1)C(F)(F)C(=O)[C@H](Cc1ccccc1)NC(=O)O[C@H]1CCOC1. The van der Waals surface area contributed by atoms with E-state index in [1.165, 1.54) is 24.3 Å². The van der Waals surface area contributed by atoms with E-state index in [-0.39, 0.29) is 30.3 Å². The maximum absolute atomic E-state index is 15.8. The molecule has 0 radical (unpaired) electrons. The van der Waals surface area contributed by atoms with Crippen LogP contribution in [-0.2, 0) is 30.7 Å². The second-order valence-electron chi connectivity index (χ2n) is 9.38. The number of benzene rings is 2. The Hall–Kier alpha value is -2.89. The van der Waals surface area contributed by atoms with Crippen LogP contribution in [0.4, 0.5) is 13.6 Å². The molecule has 3 atom stereocenters. The van der Waals surface area contributed by atoms with E-state index in [0.29, 0.717) is 18.6 Å². The molecule has 1 heterocycles. The highest BCUT2D eigenvalue weighted by Gasteiger charge is 2.51. The Bertz CT molecular complexity index is 1140. The minimum atomic E-state index is -4.35. The lowest BCUT2D eigenvalue weighted by Crippen LogP contribution is -2.58. The number of ketones is 1. The third-order valence-electron chi connectivity index (χ3n) is 5.88. The molecule has 2 aromatic rings. The predicted molar refractivity (Wildman–Crippen MR) is 133 cm³/mol. The summed E-state index contributed by atoms with van der Waals surface area (Å²) in [5.74, 6) is -6.12. The molecule has 3 rings (SSSR count). The zero-order valence-corrected chi connectivity index (χ0v) is 21.5. The molecule has 2 N–H and O–H groups in total. The van der Waals surface area contributed by atoms with Crippen molar-refractivity contribution in [2.45, 2.75) is 62.1 Å². The third kappa shape index (κ3) is 8.05. The number of Topliss-reactive ketones (excluding diaryl/α,β-unsaturated/α-hetero) is 1. The first-order chi connectivity index (χ1) is 17.5. The summed E-state index contributed by atoms with van der Waals surface area (Å²) in [7, 11) is -4.35. The smallest absolute Gasteiger partial charge is 0.408 e. The number of halogens is 2. The van der Waals surface area contributed by atoms with Gasteiger partial charge in [0.15, 0.2) is 0 Å². The molecule has 1 fully saturated rings. The molecule has 0 saturated carbocycles. The molecule has 0 bridgehead atoms. The minimum absolute atomic E-state index is 0.179. The van der Waals surface area contributed by atoms with Gasteiger partial charge in [-0.2, -0.15) is 8.78 Å². The molecule has 0 aromatic heterocycles. The average molecular weight is 539 g/mol. The van der Waals surface area contributed by atoms with Crippen LogP contribution in [0.25, 0.3) is 0 Å². The molecule has 1 aliphatic rings. The highest BCUT2D eigenvalue weighted by molar-refractivity contribution is 7.89. The van der Waals surface area contributed by atoms with Gasteiger partial charge in [0.1, 0.15) is 12.1 Å². The monoisotopic (exact) mass is 538 g/mol. The first-order valence-corrected chi connectivity index (χ1v) is 13.6. The van der Waals surface area contributed by atoms with Crippen molar-refractivity contribution in [3.63, 3.8) is 0 Å². The lowest BCUT2D eigenvalue weighted by molar-refractivity contribution is -0.149. The molecule has 1 aliphatic heterocycles. The van der Waals surface area contributed by atoms with Gasteiger partial charge in [-0.3, -0.25) is 4.79 Å². The summed E-state index contributed by atoms with van der Waals surface area (Å²) >= 11 is 0. The fourth-order valence-corrected chi connectivity index (χ4v) is 5.26. The predicted octanol–water partition coefficient (Wildman–Crippen LogP) is 3.71. The summed E-state index contributed by atoms with van der Waals surface area (Å²) in [6, 6.07) is 11.7. The number of ether oxygens (including phenoxy) is 2. The molecular weight excluding hydrogens is 506 g/mol. The Labute approximate surface area is 215 Å². The van der Waals surface area contributed by atoms with Gasteiger partial charge in [-0.1, -0.05) is 62.4 Å².